The second-order valence-electron chi connectivity index (χ2n) is 3.23. The minimum absolute atomic E-state index is 0.840. The number of pyridine rings is 1. The van der Waals surface area contributed by atoms with Crippen molar-refractivity contribution >= 4 is 16.9 Å². The summed E-state index contributed by atoms with van der Waals surface area (Å²) in [6, 6.07) is 4.00. The Morgan fingerprint density at radius 1 is 1.46 bits per heavy atom. The molecule has 0 atom stereocenters. The van der Waals surface area contributed by atoms with E-state index in [1.807, 2.05) is 10.7 Å². The van der Waals surface area contributed by atoms with Gasteiger partial charge in [-0.1, -0.05) is 0 Å². The molecule has 3 heterocycles. The molecule has 0 unspecified atom stereocenters. The van der Waals surface area contributed by atoms with Gasteiger partial charge in [0, 0.05) is 19.3 Å². The number of fused-ring (bicyclic) bond motifs is 3. The van der Waals surface area contributed by atoms with Crippen molar-refractivity contribution in [2.45, 2.75) is 13.0 Å². The van der Waals surface area contributed by atoms with Crippen LogP contribution in [-0.2, 0) is 6.54 Å². The molecule has 2 aromatic heterocycles. The third-order valence-corrected chi connectivity index (χ3v) is 2.35. The van der Waals surface area contributed by atoms with E-state index in [9.17, 15) is 0 Å². The summed E-state index contributed by atoms with van der Waals surface area (Å²) in [7, 11) is 0. The number of aromatic nitrogens is 3. The number of hydrogen-bond acceptors (Lipinski definition) is 3. The van der Waals surface area contributed by atoms with Crippen molar-refractivity contribution < 1.29 is 0 Å². The van der Waals surface area contributed by atoms with E-state index in [2.05, 4.69) is 21.5 Å². The van der Waals surface area contributed by atoms with Crippen LogP contribution in [0.1, 0.15) is 6.42 Å². The van der Waals surface area contributed by atoms with Gasteiger partial charge in [0.05, 0.1) is 5.39 Å². The lowest BCUT2D eigenvalue weighted by molar-refractivity contribution is 0.571. The zero-order valence-electron chi connectivity index (χ0n) is 7.20. The Balaban J connectivity index is 2.34. The van der Waals surface area contributed by atoms with Crippen LogP contribution in [0.4, 0.5) is 5.82 Å². The molecule has 1 N–H and O–H groups in total. The highest BCUT2D eigenvalue weighted by molar-refractivity contribution is 5.87. The molecule has 0 fully saturated rings. The standard InChI is InChI=1S/C9H10N4/c1-3-7-8(10-4-1)12-13-6-2-5-11-9(7)13/h1,3-4,11H,2,5-6H2. The molecule has 4 nitrogen and oxygen atoms in total. The van der Waals surface area contributed by atoms with Crippen molar-refractivity contribution in [2.75, 3.05) is 11.9 Å². The fourth-order valence-electron chi connectivity index (χ4n) is 1.75. The third-order valence-electron chi connectivity index (χ3n) is 2.35. The van der Waals surface area contributed by atoms with Crippen LogP contribution in [0.2, 0.25) is 0 Å². The normalized spacial score (nSPS) is 15.4. The smallest absolute Gasteiger partial charge is 0.183 e. The molecule has 0 saturated heterocycles. The van der Waals surface area contributed by atoms with Gasteiger partial charge in [0.1, 0.15) is 5.82 Å². The minimum Gasteiger partial charge on any atom is -0.370 e. The Morgan fingerprint density at radius 2 is 2.46 bits per heavy atom. The quantitative estimate of drug-likeness (QED) is 0.653. The van der Waals surface area contributed by atoms with E-state index in [4.69, 9.17) is 0 Å². The first-order valence-electron chi connectivity index (χ1n) is 4.50. The first-order chi connectivity index (χ1) is 6.45. The number of anilines is 1. The Labute approximate surface area is 75.6 Å². The molecule has 0 aromatic carbocycles. The van der Waals surface area contributed by atoms with E-state index in [0.29, 0.717) is 0 Å². The molecule has 13 heavy (non-hydrogen) atoms. The summed E-state index contributed by atoms with van der Waals surface area (Å²) in [6.45, 7) is 2.04. The molecule has 0 radical (unpaired) electrons. The summed E-state index contributed by atoms with van der Waals surface area (Å²) in [4.78, 5) is 4.21. The first kappa shape index (κ1) is 6.88. The summed E-state index contributed by atoms with van der Waals surface area (Å²) in [5.41, 5.74) is 0.840. The van der Waals surface area contributed by atoms with Gasteiger partial charge in [0.15, 0.2) is 5.65 Å². The molecular weight excluding hydrogens is 164 g/mol. The van der Waals surface area contributed by atoms with Gasteiger partial charge < -0.3 is 5.32 Å². The lowest BCUT2D eigenvalue weighted by Gasteiger charge is -2.14. The Morgan fingerprint density at radius 3 is 3.46 bits per heavy atom. The number of hydrogen-bond donors (Lipinski definition) is 1. The van der Waals surface area contributed by atoms with E-state index in [1.165, 1.54) is 0 Å². The summed E-state index contributed by atoms with van der Waals surface area (Å²) in [6.07, 6.45) is 2.92. The fraction of sp³-hybridized carbons (Fsp3) is 0.333. The molecule has 0 bridgehead atoms. The van der Waals surface area contributed by atoms with Crippen molar-refractivity contribution in [3.05, 3.63) is 18.3 Å². The summed E-state index contributed by atoms with van der Waals surface area (Å²) < 4.78 is 2.00. The van der Waals surface area contributed by atoms with Crippen molar-refractivity contribution in [1.29, 1.82) is 0 Å². The maximum atomic E-state index is 4.40. The Kier molecular flexibility index (Phi) is 1.30. The van der Waals surface area contributed by atoms with Crippen molar-refractivity contribution in [2.24, 2.45) is 0 Å². The zero-order valence-corrected chi connectivity index (χ0v) is 7.20. The molecule has 0 spiro atoms. The van der Waals surface area contributed by atoms with Crippen LogP contribution >= 0.6 is 0 Å². The predicted molar refractivity (Wildman–Crippen MR) is 50.6 cm³/mol. The second-order valence-corrected chi connectivity index (χ2v) is 3.23. The average molecular weight is 174 g/mol. The Bertz CT molecular complexity index is 446. The van der Waals surface area contributed by atoms with Gasteiger partial charge in [-0.3, -0.25) is 0 Å². The van der Waals surface area contributed by atoms with Crippen molar-refractivity contribution in [3.8, 4) is 0 Å². The molecule has 0 amide bonds. The second kappa shape index (κ2) is 2.45. The van der Waals surface area contributed by atoms with Crippen LogP contribution in [0, 0.1) is 0 Å². The van der Waals surface area contributed by atoms with Crippen LogP contribution in [-0.4, -0.2) is 21.3 Å². The first-order valence-corrected chi connectivity index (χ1v) is 4.50. The largest absolute Gasteiger partial charge is 0.370 e. The van der Waals surface area contributed by atoms with E-state index in [-0.39, 0.29) is 0 Å². The van der Waals surface area contributed by atoms with Crippen LogP contribution in [0.15, 0.2) is 18.3 Å². The van der Waals surface area contributed by atoms with E-state index in [0.717, 1.165) is 36.4 Å². The lowest BCUT2D eigenvalue weighted by atomic mass is 10.3. The highest BCUT2D eigenvalue weighted by Gasteiger charge is 2.13. The van der Waals surface area contributed by atoms with Gasteiger partial charge in [-0.2, -0.15) is 5.10 Å². The molecule has 0 saturated carbocycles. The number of nitrogens with zero attached hydrogens (tertiary/aromatic N) is 3. The molecule has 4 heteroatoms. The van der Waals surface area contributed by atoms with E-state index in [1.54, 1.807) is 6.20 Å². The zero-order chi connectivity index (χ0) is 8.67. The average Bonchev–Trinajstić information content (AvgIpc) is 2.56. The molecule has 66 valence electrons. The Hall–Kier alpha value is -1.58. The van der Waals surface area contributed by atoms with Gasteiger partial charge in [-0.25, -0.2) is 9.67 Å². The van der Waals surface area contributed by atoms with E-state index < -0.39 is 0 Å². The highest BCUT2D eigenvalue weighted by atomic mass is 15.4. The maximum absolute atomic E-state index is 4.40. The van der Waals surface area contributed by atoms with Gasteiger partial charge in [0.2, 0.25) is 0 Å². The maximum Gasteiger partial charge on any atom is 0.183 e. The topological polar surface area (TPSA) is 42.7 Å². The summed E-state index contributed by atoms with van der Waals surface area (Å²) >= 11 is 0. The number of nitrogens with one attached hydrogen (secondary N) is 1. The summed E-state index contributed by atoms with van der Waals surface area (Å²) in [5, 5.41) is 8.87. The van der Waals surface area contributed by atoms with Crippen LogP contribution < -0.4 is 5.32 Å². The fourth-order valence-corrected chi connectivity index (χ4v) is 1.75. The third kappa shape index (κ3) is 0.915. The van der Waals surface area contributed by atoms with Crippen LogP contribution in [0.3, 0.4) is 0 Å². The van der Waals surface area contributed by atoms with E-state index >= 15 is 0 Å². The monoisotopic (exact) mass is 174 g/mol. The lowest BCUT2D eigenvalue weighted by Crippen LogP contribution is -2.17. The van der Waals surface area contributed by atoms with Crippen molar-refractivity contribution in [3.63, 3.8) is 0 Å². The van der Waals surface area contributed by atoms with Gasteiger partial charge in [-0.15, -0.1) is 0 Å². The minimum atomic E-state index is 0.840. The predicted octanol–water partition coefficient (Wildman–Crippen LogP) is 1.25. The van der Waals surface area contributed by atoms with Gasteiger partial charge in [0.25, 0.3) is 0 Å². The molecule has 1 aliphatic rings. The van der Waals surface area contributed by atoms with Crippen molar-refractivity contribution in [1.82, 2.24) is 14.8 Å². The van der Waals surface area contributed by atoms with Gasteiger partial charge >= 0.3 is 0 Å². The van der Waals surface area contributed by atoms with Gasteiger partial charge in [-0.05, 0) is 18.6 Å². The molecule has 0 aliphatic carbocycles. The van der Waals surface area contributed by atoms with Crippen LogP contribution in [0.25, 0.3) is 11.0 Å². The van der Waals surface area contributed by atoms with Crippen LogP contribution in [0.5, 0.6) is 0 Å². The molecular formula is C9H10N4. The SMILES string of the molecule is c1cnc2nn3c(c2c1)NCCC3. The number of rotatable bonds is 0. The molecule has 1 aliphatic heterocycles. The molecule has 2 aromatic rings. The molecule has 3 rings (SSSR count). The highest BCUT2D eigenvalue weighted by Crippen LogP contribution is 2.23. The number of aryl methyl sites for hydroxylation is 1. The summed E-state index contributed by atoms with van der Waals surface area (Å²) in [5.74, 6) is 1.12.